The summed E-state index contributed by atoms with van der Waals surface area (Å²) in [6.07, 6.45) is 1.72. The molecule has 0 spiro atoms. The number of ketones is 1. The van der Waals surface area contributed by atoms with Gasteiger partial charge in [-0.15, -0.1) is 0 Å². The molecule has 0 aliphatic carbocycles. The molecule has 0 saturated heterocycles. The molecular formula is C15H17NO3. The van der Waals surface area contributed by atoms with Crippen LogP contribution in [-0.4, -0.2) is 21.4 Å². The number of fused-ring (bicyclic) bond motifs is 1. The van der Waals surface area contributed by atoms with Crippen LogP contribution in [0.2, 0.25) is 0 Å². The van der Waals surface area contributed by atoms with Gasteiger partial charge in [-0.05, 0) is 25.0 Å². The summed E-state index contributed by atoms with van der Waals surface area (Å²) in [6.45, 7) is 3.98. The van der Waals surface area contributed by atoms with Crippen LogP contribution in [0.1, 0.15) is 34.3 Å². The van der Waals surface area contributed by atoms with Crippen molar-refractivity contribution in [2.75, 3.05) is 0 Å². The number of nitrogens with zero attached hydrogens (tertiary/aromatic N) is 1. The van der Waals surface area contributed by atoms with Gasteiger partial charge < -0.3 is 9.67 Å². The predicted octanol–water partition coefficient (Wildman–Crippen LogP) is 2.84. The van der Waals surface area contributed by atoms with Gasteiger partial charge >= 0.3 is 5.97 Å². The molecule has 19 heavy (non-hydrogen) atoms. The number of aliphatic carboxylic acids is 1. The van der Waals surface area contributed by atoms with E-state index in [0.717, 1.165) is 22.0 Å². The Labute approximate surface area is 111 Å². The number of carboxylic acid groups (broad SMARTS) is 1. The molecule has 0 unspecified atom stereocenters. The van der Waals surface area contributed by atoms with Crippen molar-refractivity contribution in [3.05, 3.63) is 35.0 Å². The number of hydrogen-bond donors (Lipinski definition) is 1. The average molecular weight is 259 g/mol. The van der Waals surface area contributed by atoms with Gasteiger partial charge in [-0.2, -0.15) is 0 Å². The van der Waals surface area contributed by atoms with Crippen LogP contribution in [0, 0.1) is 13.8 Å². The lowest BCUT2D eigenvalue weighted by atomic mass is 10.0. The first kappa shape index (κ1) is 13.3. The first-order valence-electron chi connectivity index (χ1n) is 6.22. The number of aromatic nitrogens is 1. The minimum atomic E-state index is -0.943. The van der Waals surface area contributed by atoms with E-state index >= 15 is 0 Å². The Morgan fingerprint density at radius 1 is 1.16 bits per heavy atom. The van der Waals surface area contributed by atoms with E-state index in [2.05, 4.69) is 0 Å². The fourth-order valence-electron chi connectivity index (χ4n) is 2.48. The van der Waals surface area contributed by atoms with Crippen molar-refractivity contribution in [1.82, 2.24) is 4.57 Å². The summed E-state index contributed by atoms with van der Waals surface area (Å²) in [5.74, 6) is -1.05. The second kappa shape index (κ2) is 4.88. The third kappa shape index (κ3) is 2.38. The number of benzene rings is 1. The van der Waals surface area contributed by atoms with Gasteiger partial charge in [0.2, 0.25) is 0 Å². The third-order valence-electron chi connectivity index (χ3n) is 3.40. The van der Waals surface area contributed by atoms with Gasteiger partial charge in [-0.1, -0.05) is 12.1 Å². The molecule has 4 heteroatoms. The van der Waals surface area contributed by atoms with Crippen LogP contribution in [-0.2, 0) is 11.8 Å². The van der Waals surface area contributed by atoms with Crippen molar-refractivity contribution in [2.24, 2.45) is 7.05 Å². The lowest BCUT2D eigenvalue weighted by Gasteiger charge is -2.04. The highest BCUT2D eigenvalue weighted by Crippen LogP contribution is 2.28. The highest BCUT2D eigenvalue weighted by Gasteiger charge is 2.17. The van der Waals surface area contributed by atoms with Crippen LogP contribution in [0.25, 0.3) is 10.9 Å². The maximum atomic E-state index is 12.2. The monoisotopic (exact) mass is 259 g/mol. The quantitative estimate of drug-likeness (QED) is 0.859. The number of carbonyl (C=O) groups is 2. The molecular weight excluding hydrogens is 242 g/mol. The van der Waals surface area contributed by atoms with E-state index in [1.54, 1.807) is 6.20 Å². The number of Topliss-reactive ketones (excluding diaryl/α,β-unsaturated/α-hetero) is 1. The number of aryl methyl sites for hydroxylation is 3. The molecule has 4 nitrogen and oxygen atoms in total. The van der Waals surface area contributed by atoms with Gasteiger partial charge in [0.15, 0.2) is 5.78 Å². The number of carbonyl (C=O) groups excluding carboxylic acids is 1. The zero-order valence-corrected chi connectivity index (χ0v) is 11.4. The van der Waals surface area contributed by atoms with Crippen LogP contribution in [0.15, 0.2) is 18.3 Å². The molecule has 1 aromatic heterocycles. The molecule has 0 amide bonds. The van der Waals surface area contributed by atoms with E-state index in [9.17, 15) is 9.59 Å². The second-order valence-electron chi connectivity index (χ2n) is 4.89. The van der Waals surface area contributed by atoms with Gasteiger partial charge in [0.1, 0.15) is 0 Å². The maximum Gasteiger partial charge on any atom is 0.303 e. The molecule has 100 valence electrons. The summed E-state index contributed by atoms with van der Waals surface area (Å²) in [4.78, 5) is 22.7. The maximum absolute atomic E-state index is 12.2. The normalized spacial score (nSPS) is 10.9. The molecule has 0 bridgehead atoms. The highest BCUT2D eigenvalue weighted by molar-refractivity contribution is 6.10. The summed E-state index contributed by atoms with van der Waals surface area (Å²) < 4.78 is 1.94. The molecule has 1 aromatic carbocycles. The molecule has 0 fully saturated rings. The lowest BCUT2D eigenvalue weighted by molar-refractivity contribution is -0.136. The van der Waals surface area contributed by atoms with E-state index in [1.165, 1.54) is 0 Å². The van der Waals surface area contributed by atoms with Gasteiger partial charge in [0.05, 0.1) is 11.9 Å². The molecule has 2 rings (SSSR count). The van der Waals surface area contributed by atoms with Crippen LogP contribution in [0.3, 0.4) is 0 Å². The van der Waals surface area contributed by atoms with Crippen molar-refractivity contribution < 1.29 is 14.7 Å². The van der Waals surface area contributed by atoms with Crippen molar-refractivity contribution in [3.8, 4) is 0 Å². The minimum Gasteiger partial charge on any atom is -0.481 e. The van der Waals surface area contributed by atoms with Crippen LogP contribution in [0.4, 0.5) is 0 Å². The molecule has 0 atom stereocenters. The number of hydrogen-bond acceptors (Lipinski definition) is 2. The van der Waals surface area contributed by atoms with Gasteiger partial charge in [0, 0.05) is 30.6 Å². The summed E-state index contributed by atoms with van der Waals surface area (Å²) >= 11 is 0. The Morgan fingerprint density at radius 2 is 1.79 bits per heavy atom. The lowest BCUT2D eigenvalue weighted by Crippen LogP contribution is -2.03. The van der Waals surface area contributed by atoms with Crippen LogP contribution < -0.4 is 0 Å². The fraction of sp³-hybridized carbons (Fsp3) is 0.333. The van der Waals surface area contributed by atoms with Crippen LogP contribution in [0.5, 0.6) is 0 Å². The molecule has 0 aliphatic heterocycles. The van der Waals surface area contributed by atoms with E-state index in [1.807, 2.05) is 37.6 Å². The standard InChI is InChI=1S/C15H17NO3/c1-9-4-5-10(2)15-14(9)11(8-16(15)3)12(17)6-7-13(18)19/h4-5,8H,6-7H2,1-3H3,(H,18,19). The van der Waals surface area contributed by atoms with Crippen molar-refractivity contribution >= 4 is 22.7 Å². The summed E-state index contributed by atoms with van der Waals surface area (Å²) in [6, 6.07) is 4.02. The van der Waals surface area contributed by atoms with E-state index in [-0.39, 0.29) is 18.6 Å². The minimum absolute atomic E-state index is 0.0435. The van der Waals surface area contributed by atoms with Gasteiger partial charge in [-0.3, -0.25) is 9.59 Å². The van der Waals surface area contributed by atoms with Crippen molar-refractivity contribution in [1.29, 1.82) is 0 Å². The van der Waals surface area contributed by atoms with Gasteiger partial charge in [0.25, 0.3) is 0 Å². The summed E-state index contributed by atoms with van der Waals surface area (Å²) in [5.41, 5.74) is 3.82. The predicted molar refractivity (Wildman–Crippen MR) is 73.6 cm³/mol. The average Bonchev–Trinajstić information content (AvgIpc) is 2.70. The van der Waals surface area contributed by atoms with Crippen molar-refractivity contribution in [2.45, 2.75) is 26.7 Å². The number of carboxylic acids is 1. The Hall–Kier alpha value is -2.10. The Bertz CT molecular complexity index is 668. The Balaban J connectivity index is 2.53. The molecule has 1 heterocycles. The smallest absolute Gasteiger partial charge is 0.303 e. The Morgan fingerprint density at radius 3 is 2.42 bits per heavy atom. The second-order valence-corrected chi connectivity index (χ2v) is 4.89. The third-order valence-corrected chi connectivity index (χ3v) is 3.40. The molecule has 2 aromatic rings. The fourth-order valence-corrected chi connectivity index (χ4v) is 2.48. The zero-order chi connectivity index (χ0) is 14.2. The molecule has 1 N–H and O–H groups in total. The Kier molecular flexibility index (Phi) is 3.42. The van der Waals surface area contributed by atoms with Crippen LogP contribution >= 0.6 is 0 Å². The van der Waals surface area contributed by atoms with E-state index in [4.69, 9.17) is 5.11 Å². The molecule has 0 saturated carbocycles. The first-order chi connectivity index (χ1) is 8.91. The molecule has 0 radical (unpaired) electrons. The highest BCUT2D eigenvalue weighted by atomic mass is 16.4. The largest absolute Gasteiger partial charge is 0.481 e. The summed E-state index contributed by atoms with van der Waals surface area (Å²) in [7, 11) is 1.91. The number of rotatable bonds is 4. The van der Waals surface area contributed by atoms with E-state index < -0.39 is 5.97 Å². The SMILES string of the molecule is Cc1ccc(C)c2c1c(C(=O)CCC(=O)O)cn2C. The van der Waals surface area contributed by atoms with Crippen molar-refractivity contribution in [3.63, 3.8) is 0 Å². The van der Waals surface area contributed by atoms with E-state index in [0.29, 0.717) is 5.56 Å². The first-order valence-corrected chi connectivity index (χ1v) is 6.22. The topological polar surface area (TPSA) is 59.3 Å². The zero-order valence-electron chi connectivity index (χ0n) is 11.4. The summed E-state index contributed by atoms with van der Waals surface area (Å²) in [5, 5.41) is 9.61. The van der Waals surface area contributed by atoms with Gasteiger partial charge in [-0.25, -0.2) is 0 Å². The molecule has 0 aliphatic rings.